The molecular formula is C11H20N6O2. The second kappa shape index (κ2) is 6.60. The van der Waals surface area contributed by atoms with Gasteiger partial charge in [-0.3, -0.25) is 14.9 Å². The Morgan fingerprint density at radius 1 is 1.63 bits per heavy atom. The van der Waals surface area contributed by atoms with Crippen LogP contribution >= 0.6 is 0 Å². The van der Waals surface area contributed by atoms with Crippen molar-refractivity contribution in [3.05, 3.63) is 11.9 Å². The van der Waals surface area contributed by atoms with E-state index in [0.717, 1.165) is 26.2 Å². The summed E-state index contributed by atoms with van der Waals surface area (Å²) < 4.78 is 6.83. The Morgan fingerprint density at radius 2 is 2.47 bits per heavy atom. The Hall–Kier alpha value is -1.51. The Kier molecular flexibility index (Phi) is 4.83. The van der Waals surface area contributed by atoms with Crippen molar-refractivity contribution in [2.45, 2.75) is 13.0 Å². The molecule has 2 heterocycles. The smallest absolute Gasteiger partial charge is 0.287 e. The molecule has 1 amide bonds. The van der Waals surface area contributed by atoms with Crippen molar-refractivity contribution in [2.75, 3.05) is 33.4 Å². The SMILES string of the molecule is COCC1CCN(CCn2cc(C(=O)NN)nn2)C1. The van der Waals surface area contributed by atoms with E-state index in [0.29, 0.717) is 12.5 Å². The molecule has 3 N–H and O–H groups in total. The molecule has 0 saturated carbocycles. The lowest BCUT2D eigenvalue weighted by atomic mass is 10.1. The zero-order valence-corrected chi connectivity index (χ0v) is 11.1. The van der Waals surface area contributed by atoms with Crippen LogP contribution in [0.4, 0.5) is 0 Å². The quantitative estimate of drug-likeness (QED) is 0.384. The van der Waals surface area contributed by atoms with Gasteiger partial charge < -0.3 is 9.64 Å². The summed E-state index contributed by atoms with van der Waals surface area (Å²) >= 11 is 0. The molecule has 0 aromatic carbocycles. The van der Waals surface area contributed by atoms with Gasteiger partial charge in [0.2, 0.25) is 0 Å². The molecule has 0 bridgehead atoms. The number of carbonyl (C=O) groups is 1. The van der Waals surface area contributed by atoms with Crippen LogP contribution in [0.25, 0.3) is 0 Å². The number of nitrogens with one attached hydrogen (secondary N) is 1. The predicted molar refractivity (Wildman–Crippen MR) is 68.1 cm³/mol. The minimum atomic E-state index is -0.424. The van der Waals surface area contributed by atoms with E-state index in [1.807, 2.05) is 5.43 Å². The largest absolute Gasteiger partial charge is 0.384 e. The first kappa shape index (κ1) is 13.9. The summed E-state index contributed by atoms with van der Waals surface area (Å²) in [4.78, 5) is 13.6. The van der Waals surface area contributed by atoms with E-state index >= 15 is 0 Å². The van der Waals surface area contributed by atoms with E-state index in [1.165, 1.54) is 6.42 Å². The van der Waals surface area contributed by atoms with E-state index < -0.39 is 5.91 Å². The summed E-state index contributed by atoms with van der Waals surface area (Å²) in [6.07, 6.45) is 2.77. The molecule has 1 aliphatic heterocycles. The fraction of sp³-hybridized carbons (Fsp3) is 0.727. The summed E-state index contributed by atoms with van der Waals surface area (Å²) in [7, 11) is 1.74. The van der Waals surface area contributed by atoms with Crippen molar-refractivity contribution in [3.63, 3.8) is 0 Å². The molecule has 1 unspecified atom stereocenters. The number of likely N-dealkylation sites (tertiary alicyclic amines) is 1. The lowest BCUT2D eigenvalue weighted by Crippen LogP contribution is -2.30. The molecule has 106 valence electrons. The predicted octanol–water partition coefficient (Wildman–Crippen LogP) is -1.15. The molecule has 1 aliphatic rings. The maximum atomic E-state index is 11.2. The number of ether oxygens (including phenoxy) is 1. The third kappa shape index (κ3) is 3.72. The van der Waals surface area contributed by atoms with Gasteiger partial charge in [-0.05, 0) is 18.9 Å². The van der Waals surface area contributed by atoms with Gasteiger partial charge >= 0.3 is 0 Å². The number of amides is 1. The normalized spacial score (nSPS) is 19.8. The van der Waals surface area contributed by atoms with Crippen molar-refractivity contribution >= 4 is 5.91 Å². The highest BCUT2D eigenvalue weighted by molar-refractivity contribution is 5.91. The molecule has 1 atom stereocenters. The highest BCUT2D eigenvalue weighted by Crippen LogP contribution is 2.15. The molecule has 8 nitrogen and oxygen atoms in total. The van der Waals surface area contributed by atoms with Gasteiger partial charge in [-0.2, -0.15) is 0 Å². The molecule has 1 aromatic rings. The second-order valence-corrected chi connectivity index (χ2v) is 4.75. The van der Waals surface area contributed by atoms with Crippen LogP contribution in [0.15, 0.2) is 6.20 Å². The van der Waals surface area contributed by atoms with Crippen LogP contribution in [0, 0.1) is 5.92 Å². The van der Waals surface area contributed by atoms with Crippen LogP contribution in [-0.4, -0.2) is 59.2 Å². The lowest BCUT2D eigenvalue weighted by Gasteiger charge is -2.15. The van der Waals surface area contributed by atoms with Gasteiger partial charge in [0.25, 0.3) is 5.91 Å². The number of aromatic nitrogens is 3. The Bertz CT molecular complexity index is 421. The van der Waals surface area contributed by atoms with Crippen LogP contribution in [0.5, 0.6) is 0 Å². The van der Waals surface area contributed by atoms with Crippen LogP contribution < -0.4 is 11.3 Å². The number of hydrazine groups is 1. The highest BCUT2D eigenvalue weighted by atomic mass is 16.5. The monoisotopic (exact) mass is 268 g/mol. The van der Waals surface area contributed by atoms with Gasteiger partial charge in [-0.15, -0.1) is 5.10 Å². The summed E-state index contributed by atoms with van der Waals surface area (Å²) in [5, 5.41) is 7.66. The number of hydrogen-bond acceptors (Lipinski definition) is 6. The summed E-state index contributed by atoms with van der Waals surface area (Å²) in [5.41, 5.74) is 2.27. The molecule has 1 fully saturated rings. The van der Waals surface area contributed by atoms with Gasteiger partial charge in [0.1, 0.15) is 0 Å². The number of nitrogen functional groups attached to an aromatic ring is 1. The van der Waals surface area contributed by atoms with Crippen molar-refractivity contribution in [2.24, 2.45) is 11.8 Å². The van der Waals surface area contributed by atoms with Crippen molar-refractivity contribution in [1.29, 1.82) is 0 Å². The van der Waals surface area contributed by atoms with Gasteiger partial charge in [0.05, 0.1) is 19.3 Å². The average molecular weight is 268 g/mol. The molecule has 1 aromatic heterocycles. The maximum absolute atomic E-state index is 11.2. The highest BCUT2D eigenvalue weighted by Gasteiger charge is 2.22. The zero-order valence-electron chi connectivity index (χ0n) is 11.1. The average Bonchev–Trinajstić information content (AvgIpc) is 3.05. The number of carbonyl (C=O) groups excluding carboxylic acids is 1. The van der Waals surface area contributed by atoms with Gasteiger partial charge in [-0.1, -0.05) is 5.21 Å². The summed E-state index contributed by atoms with van der Waals surface area (Å²) in [5.74, 6) is 5.23. The molecule has 8 heteroatoms. The topological polar surface area (TPSA) is 98.3 Å². The van der Waals surface area contributed by atoms with Crippen molar-refractivity contribution in [1.82, 2.24) is 25.3 Å². The molecule has 0 radical (unpaired) electrons. The second-order valence-electron chi connectivity index (χ2n) is 4.75. The van der Waals surface area contributed by atoms with E-state index in [4.69, 9.17) is 10.6 Å². The van der Waals surface area contributed by atoms with E-state index in [1.54, 1.807) is 18.0 Å². The standard InChI is InChI=1S/C11H20N6O2/c1-19-8-9-2-3-16(6-9)4-5-17-7-10(14-15-17)11(18)13-12/h7,9H,2-6,8,12H2,1H3,(H,13,18). The van der Waals surface area contributed by atoms with Crippen LogP contribution in [0.3, 0.4) is 0 Å². The Morgan fingerprint density at radius 3 is 3.21 bits per heavy atom. The summed E-state index contributed by atoms with van der Waals surface area (Å²) in [6, 6.07) is 0. The molecular weight excluding hydrogens is 248 g/mol. The maximum Gasteiger partial charge on any atom is 0.287 e. The van der Waals surface area contributed by atoms with Crippen LogP contribution in [-0.2, 0) is 11.3 Å². The fourth-order valence-corrected chi connectivity index (χ4v) is 2.32. The van der Waals surface area contributed by atoms with Crippen molar-refractivity contribution in [3.8, 4) is 0 Å². The zero-order chi connectivity index (χ0) is 13.7. The van der Waals surface area contributed by atoms with Gasteiger partial charge in [0.15, 0.2) is 5.69 Å². The fourth-order valence-electron chi connectivity index (χ4n) is 2.32. The number of nitrogens with two attached hydrogens (primary N) is 1. The van der Waals surface area contributed by atoms with Crippen LogP contribution in [0.2, 0.25) is 0 Å². The van der Waals surface area contributed by atoms with E-state index in [2.05, 4.69) is 15.2 Å². The first-order valence-corrected chi connectivity index (χ1v) is 6.35. The molecule has 0 aliphatic carbocycles. The van der Waals surface area contributed by atoms with Gasteiger partial charge in [0, 0.05) is 20.2 Å². The summed E-state index contributed by atoms with van der Waals surface area (Å²) in [6.45, 7) is 4.57. The number of rotatable bonds is 6. The number of methoxy groups -OCH3 is 1. The van der Waals surface area contributed by atoms with Crippen LogP contribution in [0.1, 0.15) is 16.9 Å². The van der Waals surface area contributed by atoms with E-state index in [9.17, 15) is 4.79 Å². The third-order valence-electron chi connectivity index (χ3n) is 3.32. The number of hydrogen-bond donors (Lipinski definition) is 2. The minimum absolute atomic E-state index is 0.237. The first-order valence-electron chi connectivity index (χ1n) is 6.35. The van der Waals surface area contributed by atoms with Crippen molar-refractivity contribution < 1.29 is 9.53 Å². The molecule has 1 saturated heterocycles. The molecule has 0 spiro atoms. The Balaban J connectivity index is 1.77. The molecule has 2 rings (SSSR count). The Labute approximate surface area is 111 Å². The minimum Gasteiger partial charge on any atom is -0.384 e. The molecule has 19 heavy (non-hydrogen) atoms. The van der Waals surface area contributed by atoms with Gasteiger partial charge in [-0.25, -0.2) is 5.84 Å². The van der Waals surface area contributed by atoms with E-state index in [-0.39, 0.29) is 5.69 Å². The first-order chi connectivity index (χ1) is 9.22. The third-order valence-corrected chi connectivity index (χ3v) is 3.32. The lowest BCUT2D eigenvalue weighted by molar-refractivity contribution is 0.0948. The number of nitrogens with zero attached hydrogens (tertiary/aromatic N) is 4.